The van der Waals surface area contributed by atoms with Gasteiger partial charge in [0.05, 0.1) is 5.69 Å². The highest BCUT2D eigenvalue weighted by Gasteiger charge is 2.78. The van der Waals surface area contributed by atoms with Crippen LogP contribution in [0.5, 0.6) is 0 Å². The monoisotopic (exact) mass is 327 g/mol. The molecule has 5 rings (SSSR count). The predicted octanol–water partition coefficient (Wildman–Crippen LogP) is 4.49. The van der Waals surface area contributed by atoms with E-state index in [0.717, 1.165) is 40.0 Å². The van der Waals surface area contributed by atoms with Crippen LogP contribution in [0.15, 0.2) is 24.3 Å². The van der Waals surface area contributed by atoms with Crippen LogP contribution in [0.25, 0.3) is 22.3 Å². The normalized spacial score (nSPS) is 27.1. The Bertz CT molecular complexity index is 968. The molecule has 124 valence electrons. The minimum absolute atomic E-state index is 0.382. The SMILES string of the molecule is CCc1ccc2cc(-c3n[nH]c4c3C[C@@H]3C(F)(F)[C@]3(C)C4)[nH]c2c1. The number of H-pyrrole nitrogens is 2. The highest BCUT2D eigenvalue weighted by atomic mass is 19.3. The fraction of sp³-hybridized carbons (Fsp3) is 0.421. The third kappa shape index (κ3) is 1.62. The lowest BCUT2D eigenvalue weighted by molar-refractivity contribution is 0.0631. The van der Waals surface area contributed by atoms with Crippen molar-refractivity contribution in [3.05, 3.63) is 41.1 Å². The first-order chi connectivity index (χ1) is 11.4. The Labute approximate surface area is 138 Å². The molecule has 5 heteroatoms. The number of nitrogens with zero attached hydrogens (tertiary/aromatic N) is 1. The molecule has 0 unspecified atom stereocenters. The Morgan fingerprint density at radius 3 is 2.92 bits per heavy atom. The fourth-order valence-corrected chi connectivity index (χ4v) is 4.35. The molecule has 2 heterocycles. The number of aromatic nitrogens is 3. The van der Waals surface area contributed by atoms with Gasteiger partial charge < -0.3 is 4.98 Å². The van der Waals surface area contributed by atoms with Gasteiger partial charge in [0.2, 0.25) is 0 Å². The summed E-state index contributed by atoms with van der Waals surface area (Å²) in [6, 6.07) is 8.42. The van der Waals surface area contributed by atoms with Gasteiger partial charge in [-0.1, -0.05) is 26.0 Å². The lowest BCUT2D eigenvalue weighted by atomic mass is 9.87. The molecular weight excluding hydrogens is 308 g/mol. The maximum absolute atomic E-state index is 14.1. The maximum Gasteiger partial charge on any atom is 0.258 e. The molecule has 0 saturated heterocycles. The first-order valence-electron chi connectivity index (χ1n) is 8.50. The minimum Gasteiger partial charge on any atom is -0.353 e. The summed E-state index contributed by atoms with van der Waals surface area (Å²) in [6.07, 6.45) is 1.77. The fourth-order valence-electron chi connectivity index (χ4n) is 4.35. The van der Waals surface area contributed by atoms with Crippen molar-refractivity contribution in [2.75, 3.05) is 0 Å². The number of benzene rings is 1. The van der Waals surface area contributed by atoms with Gasteiger partial charge >= 0.3 is 0 Å². The topological polar surface area (TPSA) is 44.5 Å². The molecule has 2 aliphatic carbocycles. The van der Waals surface area contributed by atoms with Crippen molar-refractivity contribution in [2.24, 2.45) is 11.3 Å². The van der Waals surface area contributed by atoms with Crippen LogP contribution in [0.1, 0.15) is 30.7 Å². The molecule has 1 fully saturated rings. The van der Waals surface area contributed by atoms with E-state index in [4.69, 9.17) is 0 Å². The summed E-state index contributed by atoms with van der Waals surface area (Å²) >= 11 is 0. The van der Waals surface area contributed by atoms with Gasteiger partial charge in [-0.2, -0.15) is 5.10 Å². The quantitative estimate of drug-likeness (QED) is 0.715. The maximum atomic E-state index is 14.1. The molecule has 2 atom stereocenters. The highest BCUT2D eigenvalue weighted by molar-refractivity contribution is 5.86. The summed E-state index contributed by atoms with van der Waals surface area (Å²) in [6.45, 7) is 3.82. The molecule has 0 amide bonds. The van der Waals surface area contributed by atoms with Gasteiger partial charge in [-0.25, -0.2) is 8.78 Å². The number of hydrogen-bond acceptors (Lipinski definition) is 1. The summed E-state index contributed by atoms with van der Waals surface area (Å²) in [5, 5.41) is 8.57. The first-order valence-corrected chi connectivity index (χ1v) is 8.50. The van der Waals surface area contributed by atoms with Crippen LogP contribution < -0.4 is 0 Å². The Kier molecular flexibility index (Phi) is 2.52. The Balaban J connectivity index is 1.58. The van der Waals surface area contributed by atoms with Crippen molar-refractivity contribution in [2.45, 2.75) is 39.0 Å². The molecule has 3 nitrogen and oxygen atoms in total. The van der Waals surface area contributed by atoms with Crippen molar-refractivity contribution >= 4 is 10.9 Å². The Hall–Kier alpha value is -2.17. The van der Waals surface area contributed by atoms with Crippen molar-refractivity contribution in [3.8, 4) is 11.4 Å². The summed E-state index contributed by atoms with van der Waals surface area (Å²) in [5.41, 5.74) is 4.98. The Morgan fingerprint density at radius 2 is 2.12 bits per heavy atom. The third-order valence-corrected chi connectivity index (χ3v) is 6.14. The van der Waals surface area contributed by atoms with Crippen molar-refractivity contribution in [1.82, 2.24) is 15.2 Å². The van der Waals surface area contributed by atoms with E-state index < -0.39 is 17.3 Å². The average molecular weight is 327 g/mol. The molecule has 0 aliphatic heterocycles. The lowest BCUT2D eigenvalue weighted by Gasteiger charge is -2.15. The summed E-state index contributed by atoms with van der Waals surface area (Å²) < 4.78 is 28.1. The number of aromatic amines is 2. The van der Waals surface area contributed by atoms with Crippen LogP contribution in [0.2, 0.25) is 0 Å². The molecule has 1 saturated carbocycles. The zero-order valence-corrected chi connectivity index (χ0v) is 13.7. The van der Waals surface area contributed by atoms with E-state index >= 15 is 0 Å². The van der Waals surface area contributed by atoms with Crippen LogP contribution in [0, 0.1) is 11.3 Å². The average Bonchev–Trinajstić information content (AvgIpc) is 2.98. The van der Waals surface area contributed by atoms with Crippen LogP contribution in [0.3, 0.4) is 0 Å². The number of aryl methyl sites for hydroxylation is 1. The smallest absolute Gasteiger partial charge is 0.258 e. The second kappa shape index (κ2) is 4.26. The standard InChI is InChI=1S/C19H19F2N3/c1-3-10-4-5-11-7-14(22-13(11)6-10)17-12-8-16-18(2,19(16,20)21)9-15(12)23-24-17/h4-7,16,22H,3,8-9H2,1-2H3,(H,23,24)/t16-,18+/m0/s1. The molecule has 3 aromatic rings. The second-order valence-electron chi connectivity index (χ2n) is 7.46. The molecule has 0 spiro atoms. The molecule has 2 aromatic heterocycles. The van der Waals surface area contributed by atoms with Crippen molar-refractivity contribution in [1.29, 1.82) is 0 Å². The molecule has 0 bridgehead atoms. The van der Waals surface area contributed by atoms with Crippen LogP contribution in [-0.4, -0.2) is 21.1 Å². The zero-order valence-electron chi connectivity index (χ0n) is 13.7. The number of fused-ring (bicyclic) bond motifs is 3. The zero-order chi connectivity index (χ0) is 16.7. The first kappa shape index (κ1) is 14.2. The summed E-state index contributed by atoms with van der Waals surface area (Å²) in [5.74, 6) is -3.11. The van der Waals surface area contributed by atoms with Gasteiger partial charge in [-0.05, 0) is 30.5 Å². The van der Waals surface area contributed by atoms with E-state index in [-0.39, 0.29) is 0 Å². The molecule has 2 aliphatic rings. The second-order valence-corrected chi connectivity index (χ2v) is 7.46. The number of rotatable bonds is 2. The van der Waals surface area contributed by atoms with Crippen molar-refractivity contribution < 1.29 is 8.78 Å². The number of nitrogens with one attached hydrogen (secondary N) is 2. The number of hydrogen-bond donors (Lipinski definition) is 2. The molecular formula is C19H19F2N3. The van der Waals surface area contributed by atoms with Gasteiger partial charge in [0.1, 0.15) is 5.69 Å². The van der Waals surface area contributed by atoms with E-state index in [1.165, 1.54) is 5.56 Å². The van der Waals surface area contributed by atoms with E-state index in [0.29, 0.717) is 12.8 Å². The van der Waals surface area contributed by atoms with Gasteiger partial charge in [0.15, 0.2) is 0 Å². The van der Waals surface area contributed by atoms with Crippen LogP contribution in [-0.2, 0) is 19.3 Å². The van der Waals surface area contributed by atoms with Crippen molar-refractivity contribution in [3.63, 3.8) is 0 Å². The summed E-state index contributed by atoms with van der Waals surface area (Å²) in [7, 11) is 0. The molecule has 1 aromatic carbocycles. The van der Waals surface area contributed by atoms with Crippen LogP contribution in [0.4, 0.5) is 8.78 Å². The van der Waals surface area contributed by atoms with Gasteiger partial charge in [-0.3, -0.25) is 5.10 Å². The molecule has 24 heavy (non-hydrogen) atoms. The van der Waals surface area contributed by atoms with Gasteiger partial charge in [-0.15, -0.1) is 0 Å². The lowest BCUT2D eigenvalue weighted by Crippen LogP contribution is -2.14. The van der Waals surface area contributed by atoms with E-state index in [2.05, 4.69) is 46.4 Å². The molecule has 2 N–H and O–H groups in total. The van der Waals surface area contributed by atoms with Crippen LogP contribution >= 0.6 is 0 Å². The Morgan fingerprint density at radius 1 is 1.29 bits per heavy atom. The minimum atomic E-state index is -2.55. The van der Waals surface area contributed by atoms with E-state index in [1.54, 1.807) is 6.92 Å². The molecule has 0 radical (unpaired) electrons. The van der Waals surface area contributed by atoms with E-state index in [9.17, 15) is 8.78 Å². The summed E-state index contributed by atoms with van der Waals surface area (Å²) in [4.78, 5) is 3.41. The number of halogens is 2. The van der Waals surface area contributed by atoms with E-state index in [1.807, 2.05) is 0 Å². The van der Waals surface area contributed by atoms with Gasteiger partial charge in [0, 0.05) is 39.9 Å². The number of alkyl halides is 2. The van der Waals surface area contributed by atoms with Gasteiger partial charge in [0.25, 0.3) is 5.92 Å². The highest BCUT2D eigenvalue weighted by Crippen LogP contribution is 2.70. The predicted molar refractivity (Wildman–Crippen MR) is 89.2 cm³/mol. The largest absolute Gasteiger partial charge is 0.353 e. The third-order valence-electron chi connectivity index (χ3n) is 6.14.